The quantitative estimate of drug-likeness (QED) is 0.577. The molecule has 1 amide bonds. The summed E-state index contributed by atoms with van der Waals surface area (Å²) in [6, 6.07) is 7.77. The molecule has 1 aliphatic heterocycles. The van der Waals surface area contributed by atoms with Crippen molar-refractivity contribution in [1.82, 2.24) is 19.7 Å². The highest BCUT2D eigenvalue weighted by Gasteiger charge is 2.26. The van der Waals surface area contributed by atoms with Crippen LogP contribution in [0.5, 0.6) is 11.5 Å². The Hall–Kier alpha value is -3.53. The first-order chi connectivity index (χ1) is 15.9. The van der Waals surface area contributed by atoms with Crippen molar-refractivity contribution in [2.24, 2.45) is 0 Å². The lowest BCUT2D eigenvalue weighted by Crippen LogP contribution is -2.32. The number of nitrogens with zero attached hydrogens (tertiary/aromatic N) is 4. The Labute approximate surface area is 190 Å². The molecule has 4 rings (SSSR count). The van der Waals surface area contributed by atoms with Crippen LogP contribution in [0.3, 0.4) is 0 Å². The molecule has 10 heteroatoms. The molecular weight excluding hydrogens is 429 g/mol. The van der Waals surface area contributed by atoms with E-state index in [-0.39, 0.29) is 42.0 Å². The molecule has 174 valence electrons. The van der Waals surface area contributed by atoms with Crippen molar-refractivity contribution in [1.29, 1.82) is 0 Å². The molecule has 2 atom stereocenters. The van der Waals surface area contributed by atoms with Gasteiger partial charge >= 0.3 is 0 Å². The van der Waals surface area contributed by atoms with Gasteiger partial charge in [0.05, 0.1) is 11.7 Å². The van der Waals surface area contributed by atoms with Crippen LogP contribution in [0.15, 0.2) is 36.7 Å². The minimum Gasteiger partial charge on any atom is -0.486 e. The number of anilines is 1. The van der Waals surface area contributed by atoms with Gasteiger partial charge < -0.3 is 24.1 Å². The van der Waals surface area contributed by atoms with Crippen molar-refractivity contribution >= 4 is 11.7 Å². The highest BCUT2D eigenvalue weighted by atomic mass is 19.1. The summed E-state index contributed by atoms with van der Waals surface area (Å²) in [6.07, 6.45) is 1.94. The van der Waals surface area contributed by atoms with Crippen molar-refractivity contribution in [3.05, 3.63) is 48.0 Å². The standard InChI is InChI=1S/C23H26FN5O4/c1-13(2)29-12-25-28-22(29)18-6-5-7-21(26-18)27-23(30)16-9-20-19(10-17(16)24)32-11-15(33-20)8-14(3)31-4/h5-7,9-10,12-15H,8,11H2,1-4H3,(H,26,27,30)/t14-,15?/m1/s1. The third kappa shape index (κ3) is 4.95. The van der Waals surface area contributed by atoms with E-state index < -0.39 is 11.7 Å². The minimum absolute atomic E-state index is 0.0248. The maximum absolute atomic E-state index is 14.7. The Kier molecular flexibility index (Phi) is 6.55. The monoisotopic (exact) mass is 455 g/mol. The number of fused-ring (bicyclic) bond motifs is 1. The molecule has 1 N–H and O–H groups in total. The Morgan fingerprint density at radius 3 is 2.88 bits per heavy atom. The van der Waals surface area contributed by atoms with Gasteiger partial charge in [-0.3, -0.25) is 4.79 Å². The molecular formula is C23H26FN5O4. The van der Waals surface area contributed by atoms with Gasteiger partial charge in [0.2, 0.25) is 0 Å². The normalized spacial score (nSPS) is 16.0. The third-order valence-electron chi connectivity index (χ3n) is 5.34. The van der Waals surface area contributed by atoms with Crippen LogP contribution in [-0.4, -0.2) is 51.6 Å². The minimum atomic E-state index is -0.714. The van der Waals surface area contributed by atoms with Gasteiger partial charge in [-0.05, 0) is 39.0 Å². The molecule has 3 aromatic rings. The lowest BCUT2D eigenvalue weighted by Gasteiger charge is -2.28. The number of ether oxygens (including phenoxy) is 3. The summed E-state index contributed by atoms with van der Waals surface area (Å²) in [5.74, 6) is 0.0433. The molecule has 0 spiro atoms. The van der Waals surface area contributed by atoms with E-state index >= 15 is 0 Å². The molecule has 0 radical (unpaired) electrons. The SMILES string of the molecule is CO[C@H](C)CC1COc2cc(F)c(C(=O)Nc3cccc(-c4nncn4C(C)C)n3)cc2O1. The lowest BCUT2D eigenvalue weighted by atomic mass is 10.1. The van der Waals surface area contributed by atoms with Crippen molar-refractivity contribution in [2.45, 2.75) is 45.4 Å². The van der Waals surface area contributed by atoms with Crippen LogP contribution in [0, 0.1) is 5.82 Å². The molecule has 0 saturated carbocycles. The van der Waals surface area contributed by atoms with Crippen molar-refractivity contribution in [2.75, 3.05) is 19.0 Å². The number of benzene rings is 1. The van der Waals surface area contributed by atoms with Crippen LogP contribution < -0.4 is 14.8 Å². The lowest BCUT2D eigenvalue weighted by molar-refractivity contribution is 0.0291. The van der Waals surface area contributed by atoms with Gasteiger partial charge in [-0.2, -0.15) is 0 Å². The zero-order valence-electron chi connectivity index (χ0n) is 18.9. The van der Waals surface area contributed by atoms with Crippen LogP contribution >= 0.6 is 0 Å². The van der Waals surface area contributed by atoms with E-state index in [1.54, 1.807) is 31.6 Å². The zero-order valence-corrected chi connectivity index (χ0v) is 18.9. The topological polar surface area (TPSA) is 100 Å². The van der Waals surface area contributed by atoms with Crippen LogP contribution in [0.2, 0.25) is 0 Å². The fraction of sp³-hybridized carbons (Fsp3) is 0.391. The maximum atomic E-state index is 14.7. The average Bonchev–Trinajstić information content (AvgIpc) is 3.29. The first-order valence-corrected chi connectivity index (χ1v) is 10.7. The number of carbonyl (C=O) groups is 1. The number of carbonyl (C=O) groups excluding carboxylic acids is 1. The van der Waals surface area contributed by atoms with E-state index in [2.05, 4.69) is 20.5 Å². The Bertz CT molecular complexity index is 1150. The number of amides is 1. The van der Waals surface area contributed by atoms with Crippen molar-refractivity contribution in [3.63, 3.8) is 0 Å². The van der Waals surface area contributed by atoms with Crippen LogP contribution in [-0.2, 0) is 4.74 Å². The maximum Gasteiger partial charge on any atom is 0.259 e. The molecule has 9 nitrogen and oxygen atoms in total. The van der Waals surface area contributed by atoms with E-state index in [0.717, 1.165) is 6.07 Å². The predicted octanol–water partition coefficient (Wildman–Crippen LogP) is 3.88. The molecule has 0 aliphatic carbocycles. The molecule has 0 bridgehead atoms. The molecule has 0 saturated heterocycles. The summed E-state index contributed by atoms with van der Waals surface area (Å²) in [6.45, 7) is 6.21. The van der Waals surface area contributed by atoms with Gasteiger partial charge in [0.15, 0.2) is 17.3 Å². The fourth-order valence-electron chi connectivity index (χ4n) is 3.51. The first-order valence-electron chi connectivity index (χ1n) is 10.7. The number of pyridine rings is 1. The summed E-state index contributed by atoms with van der Waals surface area (Å²) < 4.78 is 33.4. The molecule has 3 heterocycles. The number of aromatic nitrogens is 4. The zero-order chi connectivity index (χ0) is 23.5. The van der Waals surface area contributed by atoms with E-state index in [0.29, 0.717) is 23.7 Å². The van der Waals surface area contributed by atoms with Crippen LogP contribution in [0.1, 0.15) is 43.6 Å². The van der Waals surface area contributed by atoms with E-state index in [4.69, 9.17) is 14.2 Å². The smallest absolute Gasteiger partial charge is 0.259 e. The third-order valence-corrected chi connectivity index (χ3v) is 5.34. The van der Waals surface area contributed by atoms with Crippen molar-refractivity contribution < 1.29 is 23.4 Å². The average molecular weight is 455 g/mol. The molecule has 2 aromatic heterocycles. The molecule has 33 heavy (non-hydrogen) atoms. The van der Waals surface area contributed by atoms with Gasteiger partial charge in [0, 0.05) is 25.6 Å². The highest BCUT2D eigenvalue weighted by molar-refractivity contribution is 6.04. The summed E-state index contributed by atoms with van der Waals surface area (Å²) in [4.78, 5) is 17.3. The van der Waals surface area contributed by atoms with E-state index in [1.807, 2.05) is 25.3 Å². The van der Waals surface area contributed by atoms with Crippen LogP contribution in [0.4, 0.5) is 10.2 Å². The van der Waals surface area contributed by atoms with Gasteiger partial charge in [-0.25, -0.2) is 9.37 Å². The molecule has 0 fully saturated rings. The largest absolute Gasteiger partial charge is 0.486 e. The fourth-order valence-corrected chi connectivity index (χ4v) is 3.51. The number of nitrogens with one attached hydrogen (secondary N) is 1. The molecule has 1 aromatic carbocycles. The van der Waals surface area contributed by atoms with Crippen LogP contribution in [0.25, 0.3) is 11.5 Å². The molecule has 1 unspecified atom stereocenters. The number of hydrogen-bond donors (Lipinski definition) is 1. The van der Waals surface area contributed by atoms with Gasteiger partial charge in [0.1, 0.15) is 36.4 Å². The Morgan fingerprint density at radius 1 is 1.30 bits per heavy atom. The number of rotatable bonds is 7. The predicted molar refractivity (Wildman–Crippen MR) is 119 cm³/mol. The number of hydrogen-bond acceptors (Lipinski definition) is 7. The Balaban J connectivity index is 1.54. The first kappa shape index (κ1) is 22.7. The number of methoxy groups -OCH3 is 1. The summed E-state index contributed by atoms with van der Waals surface area (Å²) in [5.41, 5.74) is 0.368. The van der Waals surface area contributed by atoms with Gasteiger partial charge in [-0.15, -0.1) is 10.2 Å². The van der Waals surface area contributed by atoms with E-state index in [9.17, 15) is 9.18 Å². The Morgan fingerprint density at radius 2 is 2.12 bits per heavy atom. The summed E-state index contributed by atoms with van der Waals surface area (Å²) >= 11 is 0. The second kappa shape index (κ2) is 9.53. The van der Waals surface area contributed by atoms with Gasteiger partial charge in [0.25, 0.3) is 5.91 Å². The van der Waals surface area contributed by atoms with Gasteiger partial charge in [-0.1, -0.05) is 6.07 Å². The van der Waals surface area contributed by atoms with Crippen molar-refractivity contribution in [3.8, 4) is 23.0 Å². The molecule has 1 aliphatic rings. The second-order valence-electron chi connectivity index (χ2n) is 8.13. The summed E-state index contributed by atoms with van der Waals surface area (Å²) in [7, 11) is 1.62. The highest BCUT2D eigenvalue weighted by Crippen LogP contribution is 2.35. The number of halogens is 1. The van der Waals surface area contributed by atoms with E-state index in [1.165, 1.54) is 6.07 Å². The second-order valence-corrected chi connectivity index (χ2v) is 8.13. The summed E-state index contributed by atoms with van der Waals surface area (Å²) in [5, 5.41) is 10.7.